The Morgan fingerprint density at radius 1 is 1.10 bits per heavy atom. The van der Waals surface area contributed by atoms with E-state index in [1.807, 2.05) is 25.1 Å². The quantitative estimate of drug-likeness (QED) is 0.628. The van der Waals surface area contributed by atoms with Crippen LogP contribution in [0.3, 0.4) is 0 Å². The van der Waals surface area contributed by atoms with Crippen LogP contribution < -0.4 is 4.73 Å². The first-order valence-corrected chi connectivity index (χ1v) is 8.09. The molecular weight excluding hydrogens is 274 g/mol. The fourth-order valence-corrected chi connectivity index (χ4v) is 4.14. The highest BCUT2D eigenvalue weighted by molar-refractivity contribution is 7.91. The van der Waals surface area contributed by atoms with Crippen molar-refractivity contribution in [2.75, 3.05) is 0 Å². The number of hydrogen-bond donors (Lipinski definition) is 0. The van der Waals surface area contributed by atoms with Crippen molar-refractivity contribution < 1.29 is 13.1 Å². The second kappa shape index (κ2) is 6.05. The molecule has 2 rings (SSSR count). The highest BCUT2D eigenvalue weighted by Gasteiger charge is 2.33. The van der Waals surface area contributed by atoms with Crippen LogP contribution in [0, 0.1) is 5.21 Å². The van der Waals surface area contributed by atoms with Gasteiger partial charge in [0.1, 0.15) is 0 Å². The fraction of sp³-hybridized carbons (Fsp3) is 0.267. The summed E-state index contributed by atoms with van der Waals surface area (Å²) in [6.45, 7) is 1.93. The number of hydrogen-bond acceptors (Lipinski definition) is 3. The van der Waals surface area contributed by atoms with Crippen LogP contribution in [0.1, 0.15) is 30.6 Å². The van der Waals surface area contributed by atoms with Gasteiger partial charge in [0.15, 0.2) is 6.20 Å². The molecule has 106 valence electrons. The molecule has 0 radical (unpaired) electrons. The van der Waals surface area contributed by atoms with Crippen LogP contribution in [-0.2, 0) is 9.84 Å². The van der Waals surface area contributed by atoms with E-state index >= 15 is 0 Å². The van der Waals surface area contributed by atoms with E-state index in [-0.39, 0.29) is 5.03 Å². The van der Waals surface area contributed by atoms with Crippen molar-refractivity contribution in [2.24, 2.45) is 0 Å². The normalized spacial score (nSPS) is 13.1. The van der Waals surface area contributed by atoms with Gasteiger partial charge in [0.2, 0.25) is 9.84 Å². The summed E-state index contributed by atoms with van der Waals surface area (Å²) in [4.78, 5) is 0. The second-order valence-corrected chi connectivity index (χ2v) is 6.68. The monoisotopic (exact) mass is 291 g/mol. The summed E-state index contributed by atoms with van der Waals surface area (Å²) in [6, 6.07) is 13.5. The molecule has 0 amide bonds. The summed E-state index contributed by atoms with van der Waals surface area (Å²) in [7, 11) is -3.70. The van der Waals surface area contributed by atoms with Gasteiger partial charge in [-0.2, -0.15) is 4.73 Å². The van der Waals surface area contributed by atoms with E-state index in [2.05, 4.69) is 0 Å². The van der Waals surface area contributed by atoms with E-state index in [0.29, 0.717) is 11.2 Å². The van der Waals surface area contributed by atoms with E-state index in [1.54, 1.807) is 18.2 Å². The van der Waals surface area contributed by atoms with E-state index in [1.165, 1.54) is 18.3 Å². The molecule has 1 atom stereocenters. The SMILES string of the molecule is CCCC(c1ccccc1)S(=O)(=O)c1cccc[n+]1[O-]. The van der Waals surface area contributed by atoms with Crippen LogP contribution in [0.5, 0.6) is 0 Å². The lowest BCUT2D eigenvalue weighted by Gasteiger charge is -2.16. The molecule has 1 aromatic heterocycles. The van der Waals surface area contributed by atoms with Crippen LogP contribution >= 0.6 is 0 Å². The van der Waals surface area contributed by atoms with Gasteiger partial charge >= 0.3 is 5.03 Å². The van der Waals surface area contributed by atoms with Gasteiger partial charge < -0.3 is 5.21 Å². The number of benzene rings is 1. The topological polar surface area (TPSA) is 61.1 Å². The summed E-state index contributed by atoms with van der Waals surface area (Å²) in [5, 5.41) is 10.9. The lowest BCUT2D eigenvalue weighted by molar-refractivity contribution is -0.646. The molecular formula is C15H17NO3S. The highest BCUT2D eigenvalue weighted by atomic mass is 32.2. The van der Waals surface area contributed by atoms with Crippen molar-refractivity contribution in [3.05, 3.63) is 65.5 Å². The number of rotatable bonds is 5. The molecule has 0 aliphatic heterocycles. The van der Waals surface area contributed by atoms with Crippen molar-refractivity contribution in [3.8, 4) is 0 Å². The summed E-state index contributed by atoms with van der Waals surface area (Å²) in [6.07, 6.45) is 2.42. The van der Waals surface area contributed by atoms with Crippen LogP contribution in [-0.4, -0.2) is 8.42 Å². The Bertz CT molecular complexity index is 669. The molecule has 0 aliphatic rings. The number of nitrogens with zero attached hydrogens (tertiary/aromatic N) is 1. The minimum absolute atomic E-state index is 0.192. The maximum absolute atomic E-state index is 12.7. The fourth-order valence-electron chi connectivity index (χ4n) is 2.21. The summed E-state index contributed by atoms with van der Waals surface area (Å²) >= 11 is 0. The Kier molecular flexibility index (Phi) is 4.39. The van der Waals surface area contributed by atoms with Gasteiger partial charge in [0.05, 0.1) is 5.25 Å². The molecule has 4 nitrogen and oxygen atoms in total. The Hall–Kier alpha value is -1.88. The molecule has 1 heterocycles. The Morgan fingerprint density at radius 2 is 1.75 bits per heavy atom. The van der Waals surface area contributed by atoms with E-state index in [0.717, 1.165) is 12.0 Å². The molecule has 0 N–H and O–H groups in total. The number of pyridine rings is 1. The van der Waals surface area contributed by atoms with Gasteiger partial charge in [0.25, 0.3) is 0 Å². The smallest absolute Gasteiger partial charge is 0.309 e. The lowest BCUT2D eigenvalue weighted by atomic mass is 10.1. The van der Waals surface area contributed by atoms with Crippen LogP contribution in [0.2, 0.25) is 0 Å². The third kappa shape index (κ3) is 2.82. The van der Waals surface area contributed by atoms with Gasteiger partial charge in [-0.1, -0.05) is 43.7 Å². The molecule has 20 heavy (non-hydrogen) atoms. The standard InChI is InChI=1S/C15H17NO3S/c1-2-8-14(13-9-4-3-5-10-13)20(18,19)15-11-6-7-12-16(15)17/h3-7,9-12,14H,2,8H2,1H3. The minimum Gasteiger partial charge on any atom is -0.618 e. The van der Waals surface area contributed by atoms with Crippen molar-refractivity contribution in [1.29, 1.82) is 0 Å². The largest absolute Gasteiger partial charge is 0.618 e. The molecule has 0 spiro atoms. The van der Waals surface area contributed by atoms with Crippen LogP contribution in [0.4, 0.5) is 0 Å². The van der Waals surface area contributed by atoms with Gasteiger partial charge in [-0.25, -0.2) is 8.42 Å². The van der Waals surface area contributed by atoms with E-state index in [9.17, 15) is 13.6 Å². The van der Waals surface area contributed by atoms with E-state index < -0.39 is 15.1 Å². The molecule has 0 aliphatic carbocycles. The van der Waals surface area contributed by atoms with Gasteiger partial charge in [-0.3, -0.25) is 0 Å². The lowest BCUT2D eigenvalue weighted by Crippen LogP contribution is -2.35. The summed E-state index contributed by atoms with van der Waals surface area (Å²) in [5.41, 5.74) is 0.721. The zero-order chi connectivity index (χ0) is 14.6. The maximum Gasteiger partial charge on any atom is 0.309 e. The van der Waals surface area contributed by atoms with Crippen molar-refractivity contribution in [3.63, 3.8) is 0 Å². The van der Waals surface area contributed by atoms with Crippen LogP contribution in [0.15, 0.2) is 59.8 Å². The third-order valence-electron chi connectivity index (χ3n) is 3.18. The predicted octanol–water partition coefficient (Wildman–Crippen LogP) is 2.64. The zero-order valence-electron chi connectivity index (χ0n) is 11.3. The average Bonchev–Trinajstić information content (AvgIpc) is 2.45. The predicted molar refractivity (Wildman–Crippen MR) is 76.7 cm³/mol. The maximum atomic E-state index is 12.7. The molecule has 0 saturated carbocycles. The molecule has 1 aromatic carbocycles. The van der Waals surface area contributed by atoms with Crippen molar-refractivity contribution in [2.45, 2.75) is 30.0 Å². The van der Waals surface area contributed by atoms with Gasteiger partial charge in [-0.15, -0.1) is 0 Å². The highest BCUT2D eigenvalue weighted by Crippen LogP contribution is 2.31. The average molecular weight is 291 g/mol. The third-order valence-corrected chi connectivity index (χ3v) is 5.33. The molecule has 5 heteroatoms. The first-order chi connectivity index (χ1) is 9.57. The number of aromatic nitrogens is 1. The zero-order valence-corrected chi connectivity index (χ0v) is 12.1. The summed E-state index contributed by atoms with van der Waals surface area (Å²) < 4.78 is 25.9. The molecule has 0 saturated heterocycles. The molecule has 0 fully saturated rings. The van der Waals surface area contributed by atoms with Crippen molar-refractivity contribution in [1.82, 2.24) is 0 Å². The molecule has 2 aromatic rings. The van der Waals surface area contributed by atoms with E-state index in [4.69, 9.17) is 0 Å². The first kappa shape index (κ1) is 14.5. The Balaban J connectivity index is 2.52. The summed E-state index contributed by atoms with van der Waals surface area (Å²) in [5.74, 6) is 0. The minimum atomic E-state index is -3.70. The van der Waals surface area contributed by atoms with Gasteiger partial charge in [-0.05, 0) is 18.1 Å². The first-order valence-electron chi connectivity index (χ1n) is 6.54. The van der Waals surface area contributed by atoms with Crippen LogP contribution in [0.25, 0.3) is 0 Å². The Labute approximate surface area is 119 Å². The molecule has 1 unspecified atom stereocenters. The van der Waals surface area contributed by atoms with Crippen molar-refractivity contribution >= 4 is 9.84 Å². The van der Waals surface area contributed by atoms with Gasteiger partial charge in [0, 0.05) is 12.1 Å². The Morgan fingerprint density at radius 3 is 2.35 bits per heavy atom. The second-order valence-electron chi connectivity index (χ2n) is 4.60. The molecule has 0 bridgehead atoms. The number of sulfone groups is 1.